The summed E-state index contributed by atoms with van der Waals surface area (Å²) in [4.78, 5) is 15.1. The van der Waals surface area contributed by atoms with Gasteiger partial charge >= 0.3 is 0 Å². The van der Waals surface area contributed by atoms with E-state index in [2.05, 4.69) is 4.98 Å². The predicted octanol–water partition coefficient (Wildman–Crippen LogP) is 1.15. The summed E-state index contributed by atoms with van der Waals surface area (Å²) in [6, 6.07) is 0. The van der Waals surface area contributed by atoms with E-state index in [-0.39, 0.29) is 5.69 Å². The molecule has 2 N–H and O–H groups in total. The molecule has 0 unspecified atom stereocenters. The number of hydrogen-bond acceptors (Lipinski definition) is 4. The highest BCUT2D eigenvalue weighted by atomic mass is 16.5. The number of pyridine rings is 1. The Balaban J connectivity index is 3.36. The van der Waals surface area contributed by atoms with Crippen LogP contribution in [0.1, 0.15) is 29.4 Å². The zero-order valence-corrected chi connectivity index (χ0v) is 9.74. The van der Waals surface area contributed by atoms with E-state index >= 15 is 0 Å². The van der Waals surface area contributed by atoms with Crippen LogP contribution < -0.4 is 15.2 Å². The number of nitrogens with zero attached hydrogens (tertiary/aromatic N) is 1. The van der Waals surface area contributed by atoms with Crippen molar-refractivity contribution in [1.29, 1.82) is 0 Å². The average Bonchev–Trinajstić information content (AvgIpc) is 2.28. The van der Waals surface area contributed by atoms with Crippen LogP contribution in [0.3, 0.4) is 0 Å². The Morgan fingerprint density at radius 2 is 2.12 bits per heavy atom. The van der Waals surface area contributed by atoms with Crippen LogP contribution in [0.5, 0.6) is 11.5 Å². The number of carbonyl (C=O) groups is 1. The van der Waals surface area contributed by atoms with Crippen LogP contribution in [-0.2, 0) is 6.42 Å². The first-order chi connectivity index (χ1) is 7.65. The largest absolute Gasteiger partial charge is 0.495 e. The first-order valence-electron chi connectivity index (χ1n) is 5.05. The third-order valence-corrected chi connectivity index (χ3v) is 2.25. The number of carbonyl (C=O) groups excluding carboxylic acids is 1. The number of rotatable bonds is 5. The van der Waals surface area contributed by atoms with Gasteiger partial charge in [-0.3, -0.25) is 4.79 Å². The molecule has 1 amide bonds. The third-order valence-electron chi connectivity index (χ3n) is 2.25. The van der Waals surface area contributed by atoms with Gasteiger partial charge in [0, 0.05) is 5.56 Å². The summed E-state index contributed by atoms with van der Waals surface area (Å²) >= 11 is 0. The second-order valence-corrected chi connectivity index (χ2v) is 3.30. The van der Waals surface area contributed by atoms with E-state index in [0.717, 1.165) is 18.4 Å². The van der Waals surface area contributed by atoms with Crippen molar-refractivity contribution in [1.82, 2.24) is 4.98 Å². The van der Waals surface area contributed by atoms with Crippen molar-refractivity contribution in [2.24, 2.45) is 5.73 Å². The van der Waals surface area contributed by atoms with Crippen molar-refractivity contribution < 1.29 is 14.3 Å². The lowest BCUT2D eigenvalue weighted by Crippen LogP contribution is -2.16. The molecule has 1 aromatic heterocycles. The second-order valence-electron chi connectivity index (χ2n) is 3.30. The van der Waals surface area contributed by atoms with Crippen molar-refractivity contribution in [2.75, 3.05) is 14.2 Å². The van der Waals surface area contributed by atoms with Gasteiger partial charge in [0.15, 0.2) is 11.4 Å². The Hall–Kier alpha value is -1.78. The predicted molar refractivity (Wildman–Crippen MR) is 59.9 cm³/mol. The molecule has 0 aliphatic heterocycles. The molecule has 0 bridgehead atoms. The fourth-order valence-electron chi connectivity index (χ4n) is 1.57. The van der Waals surface area contributed by atoms with Gasteiger partial charge in [0.2, 0.25) is 0 Å². The fraction of sp³-hybridized carbons (Fsp3) is 0.455. The maximum Gasteiger partial charge on any atom is 0.271 e. The molecule has 88 valence electrons. The molecule has 0 atom stereocenters. The normalized spacial score (nSPS) is 9.94. The Morgan fingerprint density at radius 3 is 2.56 bits per heavy atom. The summed E-state index contributed by atoms with van der Waals surface area (Å²) in [7, 11) is 3.04. The van der Waals surface area contributed by atoms with Crippen molar-refractivity contribution >= 4 is 5.91 Å². The van der Waals surface area contributed by atoms with Crippen LogP contribution in [0.4, 0.5) is 0 Å². The number of aromatic nitrogens is 1. The lowest BCUT2D eigenvalue weighted by Gasteiger charge is -2.14. The van der Waals surface area contributed by atoms with E-state index in [1.807, 2.05) is 6.92 Å². The molecule has 0 spiro atoms. The highest BCUT2D eigenvalue weighted by molar-refractivity contribution is 5.94. The summed E-state index contributed by atoms with van der Waals surface area (Å²) in [6.45, 7) is 2.03. The zero-order chi connectivity index (χ0) is 12.1. The van der Waals surface area contributed by atoms with E-state index < -0.39 is 5.91 Å². The summed E-state index contributed by atoms with van der Waals surface area (Å²) in [5, 5.41) is 0. The van der Waals surface area contributed by atoms with Gasteiger partial charge in [0.25, 0.3) is 5.91 Å². The van der Waals surface area contributed by atoms with Gasteiger partial charge in [0.05, 0.1) is 20.4 Å². The molecule has 0 aromatic carbocycles. The highest BCUT2D eigenvalue weighted by Gasteiger charge is 2.18. The Bertz CT molecular complexity index is 391. The van der Waals surface area contributed by atoms with Gasteiger partial charge in [-0.1, -0.05) is 13.3 Å². The molecule has 0 aliphatic rings. The molecule has 5 nitrogen and oxygen atoms in total. The number of hydrogen-bond donors (Lipinski definition) is 1. The van der Waals surface area contributed by atoms with E-state index in [9.17, 15) is 4.79 Å². The van der Waals surface area contributed by atoms with Gasteiger partial charge in [0.1, 0.15) is 5.75 Å². The summed E-state index contributed by atoms with van der Waals surface area (Å²) < 4.78 is 10.4. The molecule has 0 fully saturated rings. The minimum atomic E-state index is -0.600. The average molecular weight is 224 g/mol. The van der Waals surface area contributed by atoms with Gasteiger partial charge in [-0.25, -0.2) is 4.98 Å². The minimum absolute atomic E-state index is 0.145. The standard InChI is InChI=1S/C11H16N2O3/c1-4-5-7-8(15-2)6-13-9(11(12)14)10(7)16-3/h6H,4-5H2,1-3H3,(H2,12,14). The van der Waals surface area contributed by atoms with Crippen molar-refractivity contribution in [3.8, 4) is 11.5 Å². The van der Waals surface area contributed by atoms with Crippen LogP contribution in [-0.4, -0.2) is 25.1 Å². The quantitative estimate of drug-likeness (QED) is 0.814. The molecule has 0 aliphatic carbocycles. The molecule has 16 heavy (non-hydrogen) atoms. The second kappa shape index (κ2) is 5.34. The highest BCUT2D eigenvalue weighted by Crippen LogP contribution is 2.31. The first-order valence-corrected chi connectivity index (χ1v) is 5.05. The fourth-order valence-corrected chi connectivity index (χ4v) is 1.57. The van der Waals surface area contributed by atoms with Crippen LogP contribution in [0.2, 0.25) is 0 Å². The zero-order valence-electron chi connectivity index (χ0n) is 9.74. The molecular formula is C11H16N2O3. The number of primary amides is 1. The monoisotopic (exact) mass is 224 g/mol. The molecule has 1 aromatic rings. The molecule has 5 heteroatoms. The van der Waals surface area contributed by atoms with Crippen molar-refractivity contribution in [2.45, 2.75) is 19.8 Å². The smallest absolute Gasteiger partial charge is 0.271 e. The van der Waals surface area contributed by atoms with Crippen LogP contribution in [0, 0.1) is 0 Å². The summed E-state index contributed by atoms with van der Waals surface area (Å²) in [5.74, 6) is 0.425. The molecule has 0 radical (unpaired) electrons. The van der Waals surface area contributed by atoms with Gasteiger partial charge < -0.3 is 15.2 Å². The molecular weight excluding hydrogens is 208 g/mol. The van der Waals surface area contributed by atoms with Gasteiger partial charge in [-0.2, -0.15) is 0 Å². The van der Waals surface area contributed by atoms with Gasteiger partial charge in [-0.05, 0) is 6.42 Å². The van der Waals surface area contributed by atoms with Crippen molar-refractivity contribution in [3.63, 3.8) is 0 Å². The minimum Gasteiger partial charge on any atom is -0.495 e. The van der Waals surface area contributed by atoms with Gasteiger partial charge in [-0.15, -0.1) is 0 Å². The van der Waals surface area contributed by atoms with E-state index in [1.54, 1.807) is 7.11 Å². The van der Waals surface area contributed by atoms with Crippen LogP contribution >= 0.6 is 0 Å². The topological polar surface area (TPSA) is 74.4 Å². The number of methoxy groups -OCH3 is 2. The maximum atomic E-state index is 11.2. The Kier molecular flexibility index (Phi) is 4.10. The number of amides is 1. The molecule has 0 saturated carbocycles. The molecule has 1 rings (SSSR count). The van der Waals surface area contributed by atoms with Crippen molar-refractivity contribution in [3.05, 3.63) is 17.5 Å². The molecule has 0 saturated heterocycles. The lowest BCUT2D eigenvalue weighted by atomic mass is 10.1. The van der Waals surface area contributed by atoms with E-state index in [4.69, 9.17) is 15.2 Å². The SMILES string of the molecule is CCCc1c(OC)cnc(C(N)=O)c1OC. The summed E-state index contributed by atoms with van der Waals surface area (Å²) in [5.41, 5.74) is 6.20. The molecule has 1 heterocycles. The number of ether oxygens (including phenoxy) is 2. The van der Waals surface area contributed by atoms with Crippen LogP contribution in [0.15, 0.2) is 6.20 Å². The van der Waals surface area contributed by atoms with E-state index in [1.165, 1.54) is 13.3 Å². The number of nitrogens with two attached hydrogens (primary N) is 1. The Labute approximate surface area is 94.6 Å². The summed E-state index contributed by atoms with van der Waals surface area (Å²) in [6.07, 6.45) is 3.15. The lowest BCUT2D eigenvalue weighted by molar-refractivity contribution is 0.0992. The third kappa shape index (κ3) is 2.24. The Morgan fingerprint density at radius 1 is 1.44 bits per heavy atom. The van der Waals surface area contributed by atoms with E-state index in [0.29, 0.717) is 11.5 Å². The first kappa shape index (κ1) is 12.3. The maximum absolute atomic E-state index is 11.2. The van der Waals surface area contributed by atoms with Crippen LogP contribution in [0.25, 0.3) is 0 Å².